The lowest BCUT2D eigenvalue weighted by Crippen LogP contribution is -2.33. The molecule has 0 bridgehead atoms. The number of nitrogens with zero attached hydrogens (tertiary/aromatic N) is 4. The number of pyridine rings is 2. The molecule has 0 saturated heterocycles. The summed E-state index contributed by atoms with van der Waals surface area (Å²) < 4.78 is 1.86. The van der Waals surface area contributed by atoms with Gasteiger partial charge in [-0.1, -0.05) is 30.3 Å². The molecule has 8 heteroatoms. The molecule has 0 spiro atoms. The molecule has 3 N–H and O–H groups in total. The Hall–Kier alpha value is -3.78. The molecule has 3 aromatic heterocycles. The number of hydrogen-bond donors (Lipinski definition) is 3. The SMILES string of the molecule is O=C(Nc1cc2cnn(Cc3ccncc3)c2cn1)N[C@H](CCO)c1ccccc1. The molecular weight excluding hydrogens is 380 g/mol. The summed E-state index contributed by atoms with van der Waals surface area (Å²) in [5.74, 6) is 0.430. The molecule has 4 aromatic rings. The first kappa shape index (κ1) is 19.5. The molecule has 0 aliphatic heterocycles. The van der Waals surface area contributed by atoms with Crippen molar-refractivity contribution >= 4 is 22.8 Å². The zero-order valence-electron chi connectivity index (χ0n) is 16.3. The second-order valence-electron chi connectivity index (χ2n) is 6.86. The second-order valence-corrected chi connectivity index (χ2v) is 6.86. The minimum Gasteiger partial charge on any atom is -0.396 e. The number of aromatic nitrogens is 4. The van der Waals surface area contributed by atoms with Crippen LogP contribution in [0.2, 0.25) is 0 Å². The van der Waals surface area contributed by atoms with Gasteiger partial charge < -0.3 is 10.4 Å². The molecule has 3 heterocycles. The normalized spacial score (nSPS) is 11.9. The summed E-state index contributed by atoms with van der Waals surface area (Å²) >= 11 is 0. The predicted molar refractivity (Wildman–Crippen MR) is 114 cm³/mol. The minimum atomic E-state index is -0.381. The third-order valence-electron chi connectivity index (χ3n) is 4.78. The van der Waals surface area contributed by atoms with E-state index in [9.17, 15) is 9.90 Å². The molecule has 1 aromatic carbocycles. The molecule has 0 saturated carbocycles. The van der Waals surface area contributed by atoms with E-state index in [2.05, 4.69) is 25.7 Å². The van der Waals surface area contributed by atoms with Crippen molar-refractivity contribution in [3.8, 4) is 0 Å². The Kier molecular flexibility index (Phi) is 5.95. The number of benzene rings is 1. The number of nitrogens with one attached hydrogen (secondary N) is 2. The van der Waals surface area contributed by atoms with Crippen LogP contribution < -0.4 is 10.6 Å². The lowest BCUT2D eigenvalue weighted by atomic mass is 10.0. The van der Waals surface area contributed by atoms with Crippen molar-refractivity contribution in [1.29, 1.82) is 0 Å². The van der Waals surface area contributed by atoms with Crippen LogP contribution in [0.5, 0.6) is 0 Å². The number of urea groups is 1. The Balaban J connectivity index is 1.45. The van der Waals surface area contributed by atoms with Crippen molar-refractivity contribution in [3.63, 3.8) is 0 Å². The van der Waals surface area contributed by atoms with Crippen molar-refractivity contribution in [2.45, 2.75) is 19.0 Å². The highest BCUT2D eigenvalue weighted by Crippen LogP contribution is 2.19. The van der Waals surface area contributed by atoms with Crippen LogP contribution in [0.1, 0.15) is 23.6 Å². The summed E-state index contributed by atoms with van der Waals surface area (Å²) in [6.07, 6.45) is 7.37. The highest BCUT2D eigenvalue weighted by atomic mass is 16.3. The van der Waals surface area contributed by atoms with Gasteiger partial charge in [-0.15, -0.1) is 0 Å². The predicted octanol–water partition coefficient (Wildman–Crippen LogP) is 3.12. The average molecular weight is 402 g/mol. The maximum absolute atomic E-state index is 12.5. The van der Waals surface area contributed by atoms with Gasteiger partial charge in [0.05, 0.1) is 30.5 Å². The summed E-state index contributed by atoms with van der Waals surface area (Å²) in [4.78, 5) is 20.9. The highest BCUT2D eigenvalue weighted by Gasteiger charge is 2.15. The number of anilines is 1. The molecule has 4 rings (SSSR count). The van der Waals surface area contributed by atoms with Crippen molar-refractivity contribution in [3.05, 3.63) is 84.4 Å². The van der Waals surface area contributed by atoms with E-state index in [4.69, 9.17) is 0 Å². The summed E-state index contributed by atoms with van der Waals surface area (Å²) in [5.41, 5.74) is 2.90. The third kappa shape index (κ3) is 4.61. The Bertz CT molecular complexity index is 1110. The van der Waals surface area contributed by atoms with Crippen LogP contribution in [0, 0.1) is 0 Å². The Morgan fingerprint density at radius 2 is 1.90 bits per heavy atom. The van der Waals surface area contributed by atoms with Gasteiger partial charge in [0.2, 0.25) is 0 Å². The lowest BCUT2D eigenvalue weighted by molar-refractivity contribution is 0.239. The van der Waals surface area contributed by atoms with Crippen molar-refractivity contribution in [2.75, 3.05) is 11.9 Å². The molecule has 1 atom stereocenters. The largest absolute Gasteiger partial charge is 0.396 e. The van der Waals surface area contributed by atoms with Gasteiger partial charge >= 0.3 is 6.03 Å². The van der Waals surface area contributed by atoms with E-state index in [0.717, 1.165) is 22.0 Å². The fourth-order valence-corrected chi connectivity index (χ4v) is 3.28. The van der Waals surface area contributed by atoms with Crippen LogP contribution in [0.4, 0.5) is 10.6 Å². The summed E-state index contributed by atoms with van der Waals surface area (Å²) in [7, 11) is 0. The van der Waals surface area contributed by atoms with Gasteiger partial charge in [-0.3, -0.25) is 15.0 Å². The lowest BCUT2D eigenvalue weighted by Gasteiger charge is -2.18. The van der Waals surface area contributed by atoms with Crippen LogP contribution >= 0.6 is 0 Å². The zero-order chi connectivity index (χ0) is 20.8. The number of amides is 2. The molecular formula is C22H22N6O2. The third-order valence-corrected chi connectivity index (χ3v) is 4.78. The highest BCUT2D eigenvalue weighted by molar-refractivity contribution is 5.91. The Labute approximate surface area is 173 Å². The average Bonchev–Trinajstić information content (AvgIpc) is 3.16. The van der Waals surface area contributed by atoms with Gasteiger partial charge in [-0.2, -0.15) is 5.10 Å². The van der Waals surface area contributed by atoms with E-state index in [-0.39, 0.29) is 18.7 Å². The fraction of sp³-hybridized carbons (Fsp3) is 0.182. The van der Waals surface area contributed by atoms with E-state index in [1.54, 1.807) is 30.9 Å². The van der Waals surface area contributed by atoms with E-state index in [1.807, 2.05) is 47.1 Å². The number of hydrogen-bond acceptors (Lipinski definition) is 5. The fourth-order valence-electron chi connectivity index (χ4n) is 3.28. The van der Waals surface area contributed by atoms with Crippen LogP contribution in [-0.4, -0.2) is 37.5 Å². The molecule has 30 heavy (non-hydrogen) atoms. The van der Waals surface area contributed by atoms with Crippen molar-refractivity contribution in [1.82, 2.24) is 25.1 Å². The number of rotatable bonds is 7. The molecule has 8 nitrogen and oxygen atoms in total. The number of aliphatic hydroxyl groups is 1. The zero-order valence-corrected chi connectivity index (χ0v) is 16.3. The molecule has 152 valence electrons. The first-order chi connectivity index (χ1) is 14.7. The smallest absolute Gasteiger partial charge is 0.320 e. The van der Waals surface area contributed by atoms with E-state index in [0.29, 0.717) is 18.8 Å². The monoisotopic (exact) mass is 402 g/mol. The Morgan fingerprint density at radius 3 is 2.67 bits per heavy atom. The summed E-state index contributed by atoms with van der Waals surface area (Å²) in [6, 6.07) is 14.5. The van der Waals surface area contributed by atoms with Gasteiger partial charge in [0.25, 0.3) is 0 Å². The first-order valence-electron chi connectivity index (χ1n) is 9.67. The standard InChI is InChI=1S/C22H22N6O2/c29-11-8-19(17-4-2-1-3-5-17)26-22(30)27-21-12-18-13-25-28(20(18)14-24-21)15-16-6-9-23-10-7-16/h1-7,9-10,12-14,19,29H,8,11,15H2,(H2,24,26,27,30)/t19-/m1/s1. The van der Waals surface area contributed by atoms with Gasteiger partial charge in [-0.25, -0.2) is 9.78 Å². The van der Waals surface area contributed by atoms with Crippen LogP contribution in [0.15, 0.2) is 73.3 Å². The van der Waals surface area contributed by atoms with E-state index >= 15 is 0 Å². The molecule has 0 radical (unpaired) electrons. The number of fused-ring (bicyclic) bond motifs is 1. The molecule has 2 amide bonds. The van der Waals surface area contributed by atoms with Crippen LogP contribution in [0.25, 0.3) is 10.9 Å². The van der Waals surface area contributed by atoms with Crippen LogP contribution in [0.3, 0.4) is 0 Å². The van der Waals surface area contributed by atoms with Crippen molar-refractivity contribution in [2.24, 2.45) is 0 Å². The summed E-state index contributed by atoms with van der Waals surface area (Å²) in [6.45, 7) is 0.585. The first-order valence-corrected chi connectivity index (χ1v) is 9.67. The number of aliphatic hydroxyl groups excluding tert-OH is 1. The van der Waals surface area contributed by atoms with Crippen LogP contribution in [-0.2, 0) is 6.54 Å². The topological polar surface area (TPSA) is 105 Å². The molecule has 0 aliphatic rings. The maximum Gasteiger partial charge on any atom is 0.320 e. The molecule has 0 aliphatic carbocycles. The van der Waals surface area contributed by atoms with Gasteiger partial charge in [0, 0.05) is 24.4 Å². The van der Waals surface area contributed by atoms with Gasteiger partial charge in [0.15, 0.2) is 0 Å². The summed E-state index contributed by atoms with van der Waals surface area (Å²) in [5, 5.41) is 20.3. The van der Waals surface area contributed by atoms with Gasteiger partial charge in [-0.05, 0) is 35.7 Å². The van der Waals surface area contributed by atoms with E-state index < -0.39 is 0 Å². The molecule has 0 unspecified atom stereocenters. The number of carbonyl (C=O) groups excluding carboxylic acids is 1. The molecule has 0 fully saturated rings. The number of carbonyl (C=O) groups is 1. The minimum absolute atomic E-state index is 0.0271. The van der Waals surface area contributed by atoms with E-state index in [1.165, 1.54) is 0 Å². The quantitative estimate of drug-likeness (QED) is 0.441. The maximum atomic E-state index is 12.5. The second kappa shape index (κ2) is 9.15. The Morgan fingerprint density at radius 1 is 1.10 bits per heavy atom. The van der Waals surface area contributed by atoms with Gasteiger partial charge in [0.1, 0.15) is 5.82 Å². The van der Waals surface area contributed by atoms with Crippen molar-refractivity contribution < 1.29 is 9.90 Å².